The standard InChI is InChI=1S/C25H26F3N5O2/c1-15-4-6-21(16(2)30-9-3-8-29)23(32-15)24(34)33-13-18-10-17(18)11-20(33)14-35-22-7-5-19(12-31-22)25(26,27)28/h3-9,12,17-18,20H,2,10-11,13-14,29H2,1H3/b8-3-,30-9?/t17-,18+,20?/m1/s1. The van der Waals surface area contributed by atoms with Crippen LogP contribution in [0.2, 0.25) is 0 Å². The third kappa shape index (κ3) is 5.70. The third-order valence-corrected chi connectivity index (χ3v) is 6.24. The summed E-state index contributed by atoms with van der Waals surface area (Å²) in [6.07, 6.45) is 2.44. The molecular formula is C25H26F3N5O2. The number of nitrogens with two attached hydrogens (primary N) is 1. The van der Waals surface area contributed by atoms with Gasteiger partial charge in [0.05, 0.1) is 17.3 Å². The molecule has 2 aromatic heterocycles. The van der Waals surface area contributed by atoms with E-state index in [1.807, 2.05) is 0 Å². The highest BCUT2D eigenvalue weighted by Crippen LogP contribution is 2.47. The zero-order valence-corrected chi connectivity index (χ0v) is 19.2. The number of aromatic nitrogens is 2. The lowest BCUT2D eigenvalue weighted by atomic mass is 10.0. The molecule has 3 heterocycles. The van der Waals surface area contributed by atoms with E-state index in [1.54, 1.807) is 30.0 Å². The number of aliphatic imine (C=N–C) groups is 1. The number of halogens is 3. The molecule has 1 aliphatic carbocycles. The zero-order chi connectivity index (χ0) is 25.2. The van der Waals surface area contributed by atoms with Crippen LogP contribution in [0.3, 0.4) is 0 Å². The van der Waals surface area contributed by atoms with Crippen molar-refractivity contribution >= 4 is 17.8 Å². The van der Waals surface area contributed by atoms with Crippen LogP contribution >= 0.6 is 0 Å². The van der Waals surface area contributed by atoms with Crippen molar-refractivity contribution in [2.75, 3.05) is 13.2 Å². The summed E-state index contributed by atoms with van der Waals surface area (Å²) in [5.41, 5.74) is 6.32. The van der Waals surface area contributed by atoms with Gasteiger partial charge in [-0.1, -0.05) is 6.58 Å². The Hall–Kier alpha value is -3.69. The molecule has 0 aromatic carbocycles. The largest absolute Gasteiger partial charge is 0.475 e. The van der Waals surface area contributed by atoms with Crippen LogP contribution in [0.15, 0.2) is 54.3 Å². The number of allylic oxidation sites excluding steroid dienone is 1. The van der Waals surface area contributed by atoms with Gasteiger partial charge in [0, 0.05) is 36.3 Å². The van der Waals surface area contributed by atoms with Crippen molar-refractivity contribution in [3.05, 3.63) is 71.8 Å². The fourth-order valence-corrected chi connectivity index (χ4v) is 4.26. The highest BCUT2D eigenvalue weighted by Gasteiger charge is 2.47. The van der Waals surface area contributed by atoms with Crippen LogP contribution in [-0.2, 0) is 6.18 Å². The average Bonchev–Trinajstić information content (AvgIpc) is 3.60. The number of hydrogen-bond donors (Lipinski definition) is 1. The number of alkyl halides is 3. The van der Waals surface area contributed by atoms with Gasteiger partial charge in [0.25, 0.3) is 5.91 Å². The monoisotopic (exact) mass is 485 g/mol. The van der Waals surface area contributed by atoms with E-state index in [1.165, 1.54) is 18.5 Å². The number of likely N-dealkylation sites (tertiary alicyclic amines) is 1. The van der Waals surface area contributed by atoms with Crippen molar-refractivity contribution in [1.29, 1.82) is 0 Å². The molecule has 2 aromatic rings. The molecule has 2 fully saturated rings. The molecule has 184 valence electrons. The Balaban J connectivity index is 1.53. The lowest BCUT2D eigenvalue weighted by Crippen LogP contribution is -2.48. The van der Waals surface area contributed by atoms with E-state index in [0.29, 0.717) is 35.3 Å². The van der Waals surface area contributed by atoms with Gasteiger partial charge in [0.1, 0.15) is 12.3 Å². The number of hydrogen-bond acceptors (Lipinski definition) is 6. The number of pyridine rings is 2. The SMILES string of the molecule is C=C(N=C/C=C\N)c1ccc(C)nc1C(=O)N1C[C@@H]2C[C@@H]2CC1COc1ccc(C(F)(F)F)cn1. The molecule has 35 heavy (non-hydrogen) atoms. The molecule has 0 bridgehead atoms. The topological polar surface area (TPSA) is 93.7 Å². The number of piperidine rings is 1. The molecule has 0 spiro atoms. The molecule has 2 N–H and O–H groups in total. The molecule has 1 aliphatic heterocycles. The Morgan fingerprint density at radius 2 is 2.09 bits per heavy atom. The second-order valence-electron chi connectivity index (χ2n) is 8.76. The molecule has 4 rings (SSSR count). The van der Waals surface area contributed by atoms with E-state index in [2.05, 4.69) is 21.5 Å². The van der Waals surface area contributed by atoms with Gasteiger partial charge in [-0.05, 0) is 62.1 Å². The van der Waals surface area contributed by atoms with Gasteiger partial charge in [-0.2, -0.15) is 13.2 Å². The first-order valence-corrected chi connectivity index (χ1v) is 11.2. The fraction of sp³-hybridized carbons (Fsp3) is 0.360. The van der Waals surface area contributed by atoms with Crippen molar-refractivity contribution in [1.82, 2.24) is 14.9 Å². The van der Waals surface area contributed by atoms with E-state index in [4.69, 9.17) is 10.5 Å². The van der Waals surface area contributed by atoms with Gasteiger partial charge in [-0.15, -0.1) is 0 Å². The minimum Gasteiger partial charge on any atom is -0.475 e. The normalized spacial score (nSPS) is 21.8. The molecule has 1 unspecified atom stereocenters. The summed E-state index contributed by atoms with van der Waals surface area (Å²) >= 11 is 0. The predicted octanol–water partition coefficient (Wildman–Crippen LogP) is 4.25. The van der Waals surface area contributed by atoms with Gasteiger partial charge in [-0.3, -0.25) is 9.79 Å². The second-order valence-corrected chi connectivity index (χ2v) is 8.76. The van der Waals surface area contributed by atoms with Crippen molar-refractivity contribution in [2.24, 2.45) is 22.6 Å². The molecule has 1 amide bonds. The van der Waals surface area contributed by atoms with Crippen LogP contribution in [0.1, 0.15) is 40.2 Å². The molecule has 3 atom stereocenters. The average molecular weight is 486 g/mol. The Bertz CT molecular complexity index is 1160. The maximum atomic E-state index is 13.7. The Kier molecular flexibility index (Phi) is 6.90. The fourth-order valence-electron chi connectivity index (χ4n) is 4.26. The molecule has 1 saturated heterocycles. The molecule has 1 saturated carbocycles. The Morgan fingerprint density at radius 1 is 1.29 bits per heavy atom. The van der Waals surface area contributed by atoms with Crippen LogP contribution in [0, 0.1) is 18.8 Å². The molecular weight excluding hydrogens is 459 g/mol. The highest BCUT2D eigenvalue weighted by atomic mass is 19.4. The number of carbonyl (C=O) groups is 1. The van der Waals surface area contributed by atoms with Crippen LogP contribution in [-0.4, -0.2) is 46.2 Å². The van der Waals surface area contributed by atoms with Crippen LogP contribution in [0.25, 0.3) is 5.70 Å². The summed E-state index contributed by atoms with van der Waals surface area (Å²) in [5.74, 6) is 0.770. The third-order valence-electron chi connectivity index (χ3n) is 6.24. The minimum atomic E-state index is -4.47. The predicted molar refractivity (Wildman–Crippen MR) is 126 cm³/mol. The maximum Gasteiger partial charge on any atom is 0.417 e. The van der Waals surface area contributed by atoms with Gasteiger partial charge in [0.2, 0.25) is 5.88 Å². The summed E-state index contributed by atoms with van der Waals surface area (Å²) in [5, 5.41) is 0. The lowest BCUT2D eigenvalue weighted by molar-refractivity contribution is -0.137. The molecule has 7 nitrogen and oxygen atoms in total. The van der Waals surface area contributed by atoms with Gasteiger partial charge in [-0.25, -0.2) is 9.97 Å². The van der Waals surface area contributed by atoms with Crippen LogP contribution in [0.4, 0.5) is 13.2 Å². The summed E-state index contributed by atoms with van der Waals surface area (Å²) in [4.78, 5) is 27.9. The number of aryl methyl sites for hydroxylation is 1. The molecule has 10 heteroatoms. The molecule has 2 aliphatic rings. The highest BCUT2D eigenvalue weighted by molar-refractivity contribution is 5.98. The number of ether oxygens (including phenoxy) is 1. The van der Waals surface area contributed by atoms with E-state index in [9.17, 15) is 18.0 Å². The summed E-state index contributed by atoms with van der Waals surface area (Å²) in [6.45, 7) is 6.45. The zero-order valence-electron chi connectivity index (χ0n) is 19.2. The lowest BCUT2D eigenvalue weighted by Gasteiger charge is -2.35. The Labute approximate surface area is 201 Å². The first kappa shape index (κ1) is 24.4. The Morgan fingerprint density at radius 3 is 2.77 bits per heavy atom. The molecule has 0 radical (unpaired) electrons. The number of rotatable bonds is 7. The quantitative estimate of drug-likeness (QED) is 0.592. The van der Waals surface area contributed by atoms with Crippen molar-refractivity contribution in [2.45, 2.75) is 32.0 Å². The summed E-state index contributed by atoms with van der Waals surface area (Å²) in [7, 11) is 0. The van der Waals surface area contributed by atoms with E-state index < -0.39 is 11.7 Å². The van der Waals surface area contributed by atoms with Gasteiger partial charge >= 0.3 is 6.18 Å². The summed E-state index contributed by atoms with van der Waals surface area (Å²) in [6, 6.07) is 5.41. The van der Waals surface area contributed by atoms with Crippen LogP contribution in [0.5, 0.6) is 5.88 Å². The minimum absolute atomic E-state index is 0.0772. The number of amides is 1. The first-order valence-electron chi connectivity index (χ1n) is 11.2. The smallest absolute Gasteiger partial charge is 0.417 e. The van der Waals surface area contributed by atoms with Crippen molar-refractivity contribution in [3.8, 4) is 5.88 Å². The van der Waals surface area contributed by atoms with Crippen LogP contribution < -0.4 is 10.5 Å². The summed E-state index contributed by atoms with van der Waals surface area (Å²) < 4.78 is 44.1. The van der Waals surface area contributed by atoms with E-state index in [-0.39, 0.29) is 30.1 Å². The van der Waals surface area contributed by atoms with Crippen molar-refractivity contribution < 1.29 is 22.7 Å². The van der Waals surface area contributed by atoms with E-state index >= 15 is 0 Å². The second kappa shape index (κ2) is 9.89. The van der Waals surface area contributed by atoms with Gasteiger partial charge in [0.15, 0.2) is 0 Å². The van der Waals surface area contributed by atoms with E-state index in [0.717, 1.165) is 25.1 Å². The number of carbonyl (C=O) groups excluding carboxylic acids is 1. The first-order chi connectivity index (χ1) is 16.7. The van der Waals surface area contributed by atoms with Crippen molar-refractivity contribution in [3.63, 3.8) is 0 Å². The number of fused-ring (bicyclic) bond motifs is 1. The van der Waals surface area contributed by atoms with Gasteiger partial charge < -0.3 is 15.4 Å². The maximum absolute atomic E-state index is 13.7. The number of nitrogens with zero attached hydrogens (tertiary/aromatic N) is 4.